The summed E-state index contributed by atoms with van der Waals surface area (Å²) in [7, 11) is 0. The van der Waals surface area contributed by atoms with E-state index in [1.807, 2.05) is 16.8 Å². The van der Waals surface area contributed by atoms with Crippen LogP contribution in [0.5, 0.6) is 5.75 Å². The summed E-state index contributed by atoms with van der Waals surface area (Å²) in [5.41, 5.74) is 0.532. The number of imidazole rings is 1. The lowest BCUT2D eigenvalue weighted by Gasteiger charge is -2.08. The summed E-state index contributed by atoms with van der Waals surface area (Å²) >= 11 is 3.32. The van der Waals surface area contributed by atoms with Gasteiger partial charge in [0.2, 0.25) is 0 Å². The van der Waals surface area contributed by atoms with Gasteiger partial charge < -0.3 is 9.30 Å². The molecule has 0 atom stereocenters. The Balaban J connectivity index is 1.97. The Hall–Kier alpha value is -1.80. The average Bonchev–Trinajstić information content (AvgIpc) is 2.84. The van der Waals surface area contributed by atoms with Crippen LogP contribution >= 0.6 is 15.9 Å². The third kappa shape index (κ3) is 3.08. The van der Waals surface area contributed by atoms with E-state index in [2.05, 4.69) is 27.0 Å². The topological polar surface area (TPSA) is 50.8 Å². The van der Waals surface area contributed by atoms with E-state index in [-0.39, 0.29) is 0 Å². The Morgan fingerprint density at radius 3 is 3.06 bits per heavy atom. The molecule has 0 bridgehead atoms. The largest absolute Gasteiger partial charge is 0.490 e. The van der Waals surface area contributed by atoms with Gasteiger partial charge in [-0.25, -0.2) is 4.98 Å². The van der Waals surface area contributed by atoms with Crippen molar-refractivity contribution in [3.8, 4) is 11.8 Å². The van der Waals surface area contributed by atoms with E-state index in [4.69, 9.17) is 10.00 Å². The smallest absolute Gasteiger partial charge is 0.137 e. The van der Waals surface area contributed by atoms with Crippen molar-refractivity contribution < 1.29 is 4.74 Å². The van der Waals surface area contributed by atoms with Gasteiger partial charge in [0, 0.05) is 16.9 Å². The summed E-state index contributed by atoms with van der Waals surface area (Å²) in [6.07, 6.45) is 5.33. The molecular weight excluding hydrogens is 282 g/mol. The molecule has 0 N–H and O–H groups in total. The standard InChI is InChI=1S/C12H10BrN3O/c13-11-1-2-12(10(7-11)8-14)17-6-5-16-4-3-15-9-16/h1-4,7,9H,5-6H2. The number of rotatable bonds is 4. The summed E-state index contributed by atoms with van der Waals surface area (Å²) in [6, 6.07) is 7.49. The summed E-state index contributed by atoms with van der Waals surface area (Å²) in [5, 5.41) is 8.96. The average molecular weight is 292 g/mol. The van der Waals surface area contributed by atoms with Gasteiger partial charge in [0.25, 0.3) is 0 Å². The lowest BCUT2D eigenvalue weighted by atomic mass is 10.2. The van der Waals surface area contributed by atoms with Gasteiger partial charge in [0.1, 0.15) is 18.4 Å². The van der Waals surface area contributed by atoms with Crippen LogP contribution in [0.3, 0.4) is 0 Å². The van der Waals surface area contributed by atoms with Crippen LogP contribution in [0.4, 0.5) is 0 Å². The molecule has 1 aromatic carbocycles. The molecular formula is C12H10BrN3O. The minimum atomic E-state index is 0.507. The van der Waals surface area contributed by atoms with Crippen molar-refractivity contribution in [3.05, 3.63) is 47.0 Å². The van der Waals surface area contributed by atoms with Gasteiger partial charge in [-0.05, 0) is 18.2 Å². The molecule has 4 nitrogen and oxygen atoms in total. The van der Waals surface area contributed by atoms with E-state index >= 15 is 0 Å². The van der Waals surface area contributed by atoms with Crippen LogP contribution in [-0.2, 0) is 6.54 Å². The Morgan fingerprint density at radius 2 is 2.35 bits per heavy atom. The number of nitriles is 1. The molecule has 0 saturated heterocycles. The van der Waals surface area contributed by atoms with E-state index < -0.39 is 0 Å². The molecule has 0 amide bonds. The first-order chi connectivity index (χ1) is 8.29. The maximum Gasteiger partial charge on any atom is 0.137 e. The van der Waals surface area contributed by atoms with E-state index in [0.29, 0.717) is 24.5 Å². The minimum Gasteiger partial charge on any atom is -0.490 e. The first kappa shape index (κ1) is 11.7. The van der Waals surface area contributed by atoms with Crippen molar-refractivity contribution in [3.63, 3.8) is 0 Å². The van der Waals surface area contributed by atoms with Crippen molar-refractivity contribution in [2.75, 3.05) is 6.61 Å². The summed E-state index contributed by atoms with van der Waals surface area (Å²) in [4.78, 5) is 3.94. The predicted octanol–water partition coefficient (Wildman–Crippen LogP) is 2.60. The van der Waals surface area contributed by atoms with Gasteiger partial charge >= 0.3 is 0 Å². The molecule has 2 rings (SSSR count). The van der Waals surface area contributed by atoms with Gasteiger partial charge in [-0.1, -0.05) is 15.9 Å². The van der Waals surface area contributed by atoms with Gasteiger partial charge in [0.05, 0.1) is 18.4 Å². The fourth-order valence-electron chi connectivity index (χ4n) is 1.40. The van der Waals surface area contributed by atoms with Crippen LogP contribution < -0.4 is 4.74 Å². The molecule has 0 saturated carbocycles. The van der Waals surface area contributed by atoms with E-state index in [1.54, 1.807) is 24.7 Å². The molecule has 0 aliphatic heterocycles. The van der Waals surface area contributed by atoms with Crippen molar-refractivity contribution in [1.29, 1.82) is 5.26 Å². The van der Waals surface area contributed by atoms with Crippen LogP contribution in [0, 0.1) is 11.3 Å². The fraction of sp³-hybridized carbons (Fsp3) is 0.167. The van der Waals surface area contributed by atoms with Crippen molar-refractivity contribution >= 4 is 15.9 Å². The predicted molar refractivity (Wildman–Crippen MR) is 66.6 cm³/mol. The summed E-state index contributed by atoms with van der Waals surface area (Å²) in [5.74, 6) is 0.607. The highest BCUT2D eigenvalue weighted by atomic mass is 79.9. The minimum absolute atomic E-state index is 0.507. The fourth-order valence-corrected chi connectivity index (χ4v) is 1.76. The number of nitrogens with zero attached hydrogens (tertiary/aromatic N) is 3. The highest BCUT2D eigenvalue weighted by Crippen LogP contribution is 2.22. The lowest BCUT2D eigenvalue weighted by Crippen LogP contribution is -2.07. The lowest BCUT2D eigenvalue weighted by molar-refractivity contribution is 0.297. The van der Waals surface area contributed by atoms with Crippen LogP contribution in [-0.4, -0.2) is 16.2 Å². The maximum atomic E-state index is 8.96. The maximum absolute atomic E-state index is 8.96. The van der Waals surface area contributed by atoms with E-state index in [9.17, 15) is 0 Å². The van der Waals surface area contributed by atoms with E-state index in [0.717, 1.165) is 4.47 Å². The van der Waals surface area contributed by atoms with Gasteiger partial charge in [0.15, 0.2) is 0 Å². The first-order valence-electron chi connectivity index (χ1n) is 5.08. The van der Waals surface area contributed by atoms with Crippen molar-refractivity contribution in [1.82, 2.24) is 9.55 Å². The van der Waals surface area contributed by atoms with Gasteiger partial charge in [-0.3, -0.25) is 0 Å². The summed E-state index contributed by atoms with van der Waals surface area (Å²) < 4.78 is 8.36. The molecule has 0 aliphatic rings. The zero-order valence-corrected chi connectivity index (χ0v) is 10.6. The Labute approximate surface area is 108 Å². The first-order valence-corrected chi connectivity index (χ1v) is 5.87. The van der Waals surface area contributed by atoms with Crippen molar-refractivity contribution in [2.24, 2.45) is 0 Å². The summed E-state index contributed by atoms with van der Waals surface area (Å²) in [6.45, 7) is 1.22. The highest BCUT2D eigenvalue weighted by molar-refractivity contribution is 9.10. The Kier molecular flexibility index (Phi) is 3.78. The van der Waals surface area contributed by atoms with Gasteiger partial charge in [-0.15, -0.1) is 0 Å². The number of hydrogen-bond donors (Lipinski definition) is 0. The Morgan fingerprint density at radius 1 is 1.47 bits per heavy atom. The monoisotopic (exact) mass is 291 g/mol. The molecule has 0 spiro atoms. The molecule has 2 aromatic rings. The molecule has 5 heteroatoms. The molecule has 0 unspecified atom stereocenters. The number of hydrogen-bond acceptors (Lipinski definition) is 3. The van der Waals surface area contributed by atoms with Crippen LogP contribution in [0.2, 0.25) is 0 Å². The molecule has 17 heavy (non-hydrogen) atoms. The zero-order chi connectivity index (χ0) is 12.1. The Bertz CT molecular complexity index is 531. The van der Waals surface area contributed by atoms with Crippen LogP contribution in [0.15, 0.2) is 41.4 Å². The third-order valence-electron chi connectivity index (χ3n) is 2.23. The highest BCUT2D eigenvalue weighted by Gasteiger charge is 2.03. The number of benzene rings is 1. The molecule has 1 heterocycles. The van der Waals surface area contributed by atoms with Crippen molar-refractivity contribution in [2.45, 2.75) is 6.54 Å². The van der Waals surface area contributed by atoms with Gasteiger partial charge in [-0.2, -0.15) is 5.26 Å². The SMILES string of the molecule is N#Cc1cc(Br)ccc1OCCn1ccnc1. The molecule has 0 fully saturated rings. The van der Waals surface area contributed by atoms with E-state index in [1.165, 1.54) is 0 Å². The third-order valence-corrected chi connectivity index (χ3v) is 2.72. The zero-order valence-electron chi connectivity index (χ0n) is 9.01. The normalized spacial score (nSPS) is 9.88. The number of aromatic nitrogens is 2. The van der Waals surface area contributed by atoms with Crippen LogP contribution in [0.25, 0.3) is 0 Å². The van der Waals surface area contributed by atoms with Crippen LogP contribution in [0.1, 0.15) is 5.56 Å². The second-order valence-corrected chi connectivity index (χ2v) is 4.32. The second kappa shape index (κ2) is 5.51. The second-order valence-electron chi connectivity index (χ2n) is 3.40. The molecule has 0 aliphatic carbocycles. The molecule has 86 valence electrons. The molecule has 1 aromatic heterocycles. The quantitative estimate of drug-likeness (QED) is 0.870. The number of halogens is 1. The molecule has 0 radical (unpaired) electrons. The number of ether oxygens (including phenoxy) is 1.